The number of hydrogen-bond acceptors (Lipinski definition) is 2. The van der Waals surface area contributed by atoms with Crippen LogP contribution in [0.15, 0.2) is 6.08 Å². The van der Waals surface area contributed by atoms with E-state index in [0.717, 1.165) is 6.08 Å². The maximum atomic E-state index is 12.2. The molecule has 0 aromatic carbocycles. The third-order valence-corrected chi connectivity index (χ3v) is 2.14. The molecule has 1 aromatic rings. The molecule has 1 aromatic heterocycles. The van der Waals surface area contributed by atoms with Crippen LogP contribution in [-0.4, -0.2) is 27.3 Å². The topological polar surface area (TPSA) is 55.1 Å². The van der Waals surface area contributed by atoms with E-state index < -0.39 is 18.9 Å². The smallest absolute Gasteiger partial charge is 0.328 e. The number of alkyl halides is 2. The van der Waals surface area contributed by atoms with E-state index in [1.165, 1.54) is 10.8 Å². The summed E-state index contributed by atoms with van der Waals surface area (Å²) in [6, 6.07) is 0. The van der Waals surface area contributed by atoms with E-state index in [1.54, 1.807) is 13.8 Å². The Kier molecular flexibility index (Phi) is 3.76. The van der Waals surface area contributed by atoms with Crippen molar-refractivity contribution in [2.24, 2.45) is 0 Å². The van der Waals surface area contributed by atoms with Gasteiger partial charge in [0.25, 0.3) is 6.43 Å². The molecule has 0 bridgehead atoms. The number of carboxylic acids is 1. The van der Waals surface area contributed by atoms with Crippen molar-refractivity contribution in [3.63, 3.8) is 0 Å². The number of aromatic nitrogens is 2. The van der Waals surface area contributed by atoms with E-state index in [-0.39, 0.29) is 0 Å². The Labute approximate surface area is 91.2 Å². The molecule has 0 amide bonds. The van der Waals surface area contributed by atoms with E-state index in [9.17, 15) is 13.6 Å². The van der Waals surface area contributed by atoms with Crippen LogP contribution < -0.4 is 0 Å². The van der Waals surface area contributed by atoms with Gasteiger partial charge >= 0.3 is 5.97 Å². The van der Waals surface area contributed by atoms with E-state index in [0.29, 0.717) is 17.0 Å². The van der Waals surface area contributed by atoms with E-state index >= 15 is 0 Å². The minimum atomic E-state index is -2.48. The zero-order chi connectivity index (χ0) is 12.3. The summed E-state index contributed by atoms with van der Waals surface area (Å²) < 4.78 is 25.5. The summed E-state index contributed by atoms with van der Waals surface area (Å²) >= 11 is 0. The fourth-order valence-corrected chi connectivity index (χ4v) is 1.42. The van der Waals surface area contributed by atoms with Crippen LogP contribution in [0.3, 0.4) is 0 Å². The molecule has 1 N–H and O–H groups in total. The Hall–Kier alpha value is -1.72. The van der Waals surface area contributed by atoms with Crippen LogP contribution in [0.25, 0.3) is 6.08 Å². The monoisotopic (exact) mass is 230 g/mol. The molecule has 0 aliphatic heterocycles. The molecule has 1 heterocycles. The summed E-state index contributed by atoms with van der Waals surface area (Å²) in [5, 5.41) is 12.4. The fourth-order valence-electron chi connectivity index (χ4n) is 1.42. The Morgan fingerprint density at radius 3 is 2.69 bits per heavy atom. The Balaban J connectivity index is 3.02. The molecule has 0 unspecified atom stereocenters. The molecule has 6 heteroatoms. The second-order valence-electron chi connectivity index (χ2n) is 3.33. The SMILES string of the molecule is Cc1nn(CC(F)F)c(C)c1/C=C/C(=O)O. The first-order chi connectivity index (χ1) is 7.41. The number of nitrogens with zero attached hydrogens (tertiary/aromatic N) is 2. The second kappa shape index (κ2) is 4.87. The number of aliphatic carboxylic acids is 1. The number of aryl methyl sites for hydroxylation is 1. The first-order valence-corrected chi connectivity index (χ1v) is 4.65. The van der Waals surface area contributed by atoms with Crippen LogP contribution in [0.4, 0.5) is 8.78 Å². The first-order valence-electron chi connectivity index (χ1n) is 4.65. The molecule has 88 valence electrons. The Morgan fingerprint density at radius 2 is 2.19 bits per heavy atom. The molecule has 16 heavy (non-hydrogen) atoms. The average Bonchev–Trinajstić information content (AvgIpc) is 2.39. The summed E-state index contributed by atoms with van der Waals surface area (Å²) in [6.07, 6.45) is -0.152. The lowest BCUT2D eigenvalue weighted by molar-refractivity contribution is -0.131. The largest absolute Gasteiger partial charge is 0.478 e. The number of hydrogen-bond donors (Lipinski definition) is 1. The number of carboxylic acid groups (broad SMARTS) is 1. The highest BCUT2D eigenvalue weighted by molar-refractivity contribution is 5.85. The van der Waals surface area contributed by atoms with Gasteiger partial charge in [0.15, 0.2) is 0 Å². The molecule has 1 rings (SSSR count). The van der Waals surface area contributed by atoms with Gasteiger partial charge in [0.05, 0.1) is 5.69 Å². The van der Waals surface area contributed by atoms with Crippen molar-refractivity contribution in [2.75, 3.05) is 0 Å². The highest BCUT2D eigenvalue weighted by Gasteiger charge is 2.12. The molecule has 0 aliphatic carbocycles. The van der Waals surface area contributed by atoms with Crippen LogP contribution in [0.5, 0.6) is 0 Å². The van der Waals surface area contributed by atoms with Gasteiger partial charge < -0.3 is 5.11 Å². The van der Waals surface area contributed by atoms with Gasteiger partial charge in [-0.1, -0.05) is 0 Å². The lowest BCUT2D eigenvalue weighted by Gasteiger charge is -2.02. The van der Waals surface area contributed by atoms with E-state index in [4.69, 9.17) is 5.11 Å². The Bertz CT molecular complexity index is 425. The molecule has 0 atom stereocenters. The van der Waals surface area contributed by atoms with Crippen LogP contribution in [-0.2, 0) is 11.3 Å². The molecular formula is C10H12F2N2O2. The van der Waals surface area contributed by atoms with Crippen molar-refractivity contribution in [3.05, 3.63) is 23.0 Å². The van der Waals surface area contributed by atoms with Crippen molar-refractivity contribution in [1.29, 1.82) is 0 Å². The van der Waals surface area contributed by atoms with Gasteiger partial charge in [0.2, 0.25) is 0 Å². The number of rotatable bonds is 4. The van der Waals surface area contributed by atoms with Gasteiger partial charge in [0, 0.05) is 17.3 Å². The highest BCUT2D eigenvalue weighted by Crippen LogP contribution is 2.15. The minimum Gasteiger partial charge on any atom is -0.478 e. The van der Waals surface area contributed by atoms with Crippen LogP contribution in [0, 0.1) is 13.8 Å². The van der Waals surface area contributed by atoms with Crippen molar-refractivity contribution in [1.82, 2.24) is 9.78 Å². The van der Waals surface area contributed by atoms with Gasteiger partial charge in [0.1, 0.15) is 6.54 Å². The van der Waals surface area contributed by atoms with Gasteiger partial charge in [-0.05, 0) is 19.9 Å². The van der Waals surface area contributed by atoms with Gasteiger partial charge in [-0.25, -0.2) is 13.6 Å². The summed E-state index contributed by atoms with van der Waals surface area (Å²) in [6.45, 7) is 2.80. The first kappa shape index (κ1) is 12.4. The summed E-state index contributed by atoms with van der Waals surface area (Å²) in [5.41, 5.74) is 1.65. The molecule has 0 saturated heterocycles. The van der Waals surface area contributed by atoms with Crippen LogP contribution in [0.2, 0.25) is 0 Å². The number of carbonyl (C=O) groups is 1. The normalized spacial score (nSPS) is 11.6. The van der Waals surface area contributed by atoms with Gasteiger partial charge in [-0.15, -0.1) is 0 Å². The van der Waals surface area contributed by atoms with Gasteiger partial charge in [-0.2, -0.15) is 5.10 Å². The van der Waals surface area contributed by atoms with Crippen molar-refractivity contribution in [3.8, 4) is 0 Å². The van der Waals surface area contributed by atoms with E-state index in [2.05, 4.69) is 5.10 Å². The zero-order valence-corrected chi connectivity index (χ0v) is 8.94. The van der Waals surface area contributed by atoms with Crippen molar-refractivity contribution in [2.45, 2.75) is 26.8 Å². The van der Waals surface area contributed by atoms with Gasteiger partial charge in [-0.3, -0.25) is 4.68 Å². The lowest BCUT2D eigenvalue weighted by atomic mass is 10.2. The number of halogens is 2. The molecule has 0 fully saturated rings. The Morgan fingerprint density at radius 1 is 1.56 bits per heavy atom. The summed E-state index contributed by atoms with van der Waals surface area (Å²) in [5.74, 6) is -1.08. The third-order valence-electron chi connectivity index (χ3n) is 2.14. The molecule has 4 nitrogen and oxygen atoms in total. The quantitative estimate of drug-likeness (QED) is 0.803. The summed E-state index contributed by atoms with van der Waals surface area (Å²) in [4.78, 5) is 10.3. The molecule has 0 aliphatic rings. The maximum absolute atomic E-state index is 12.2. The van der Waals surface area contributed by atoms with Crippen LogP contribution >= 0.6 is 0 Å². The predicted octanol–water partition coefficient (Wildman–Crippen LogP) is 1.86. The third kappa shape index (κ3) is 2.88. The highest BCUT2D eigenvalue weighted by atomic mass is 19.3. The van der Waals surface area contributed by atoms with E-state index in [1.807, 2.05) is 0 Å². The molecule has 0 saturated carbocycles. The maximum Gasteiger partial charge on any atom is 0.328 e. The molecule has 0 spiro atoms. The average molecular weight is 230 g/mol. The minimum absolute atomic E-state index is 0.479. The van der Waals surface area contributed by atoms with Crippen molar-refractivity contribution >= 4 is 12.0 Å². The fraction of sp³-hybridized carbons (Fsp3) is 0.400. The molecule has 0 radical (unpaired) electrons. The summed E-state index contributed by atoms with van der Waals surface area (Å²) in [7, 11) is 0. The predicted molar refractivity (Wildman–Crippen MR) is 54.4 cm³/mol. The second-order valence-corrected chi connectivity index (χ2v) is 3.33. The van der Waals surface area contributed by atoms with Crippen LogP contribution in [0.1, 0.15) is 17.0 Å². The van der Waals surface area contributed by atoms with Crippen molar-refractivity contribution < 1.29 is 18.7 Å². The lowest BCUT2D eigenvalue weighted by Crippen LogP contribution is -2.09. The standard InChI is InChI=1S/C10H12F2N2O2/c1-6-8(3-4-10(15)16)7(2)14(13-6)5-9(11)12/h3-4,9H,5H2,1-2H3,(H,15,16)/b4-3+. The zero-order valence-electron chi connectivity index (χ0n) is 8.94. The molecular weight excluding hydrogens is 218 g/mol.